The van der Waals surface area contributed by atoms with Crippen molar-refractivity contribution in [2.45, 2.75) is 32.6 Å². The number of hydrogen-bond acceptors (Lipinski definition) is 4. The van der Waals surface area contributed by atoms with Crippen LogP contribution >= 0.6 is 7.82 Å². The fourth-order valence-electron chi connectivity index (χ4n) is 2.05. The summed E-state index contributed by atoms with van der Waals surface area (Å²) in [6, 6.07) is 17.6. The van der Waals surface area contributed by atoms with Crippen LogP contribution < -0.4 is 9.05 Å². The van der Waals surface area contributed by atoms with Crippen molar-refractivity contribution in [1.29, 1.82) is 0 Å². The van der Waals surface area contributed by atoms with Crippen molar-refractivity contribution < 1.29 is 18.1 Å². The van der Waals surface area contributed by atoms with E-state index in [4.69, 9.17) is 13.6 Å². The number of hydrogen-bond donors (Lipinski definition) is 0. The average molecular weight is 346 g/mol. The van der Waals surface area contributed by atoms with Crippen molar-refractivity contribution in [3.8, 4) is 11.5 Å². The fraction of sp³-hybridized carbons (Fsp3) is 0.263. The summed E-state index contributed by atoms with van der Waals surface area (Å²) in [7, 11) is -3.87. The minimum Gasteiger partial charge on any atom is -0.391 e. The highest BCUT2D eigenvalue weighted by Gasteiger charge is 2.33. The first kappa shape index (κ1) is 18.2. The number of unbranched alkanes of at least 4 members (excludes halogenated alkanes) is 2. The summed E-state index contributed by atoms with van der Waals surface area (Å²) in [5, 5.41) is 0. The Labute approximate surface area is 143 Å². The molecule has 24 heavy (non-hydrogen) atoms. The van der Waals surface area contributed by atoms with Gasteiger partial charge >= 0.3 is 7.82 Å². The van der Waals surface area contributed by atoms with E-state index >= 15 is 0 Å². The standard InChI is InChI=1S/C19H23O4P/c1-3-4-7-12-17(2)21-24(20,22-18-13-8-5-9-14-18)23-19-15-10-6-11-16-19/h5-6,8-11,13-16H,2-4,7,12H2,1H3. The molecule has 0 unspecified atom stereocenters. The van der Waals surface area contributed by atoms with Gasteiger partial charge in [-0.2, -0.15) is 4.57 Å². The molecule has 0 amide bonds. The highest BCUT2D eigenvalue weighted by atomic mass is 31.2. The minimum atomic E-state index is -3.87. The Kier molecular flexibility index (Phi) is 6.95. The molecule has 5 heteroatoms. The molecule has 0 fully saturated rings. The largest absolute Gasteiger partial charge is 0.646 e. The Morgan fingerprint density at radius 2 is 1.42 bits per heavy atom. The van der Waals surface area contributed by atoms with Crippen LogP contribution in [0.2, 0.25) is 0 Å². The molecule has 4 nitrogen and oxygen atoms in total. The lowest BCUT2D eigenvalue weighted by Gasteiger charge is -2.20. The number of phosphoric acid groups is 1. The second kappa shape index (κ2) is 9.19. The molecule has 0 atom stereocenters. The van der Waals surface area contributed by atoms with Gasteiger partial charge in [-0.1, -0.05) is 62.7 Å². The zero-order valence-corrected chi connectivity index (χ0v) is 14.8. The van der Waals surface area contributed by atoms with Crippen molar-refractivity contribution >= 4 is 7.82 Å². The minimum absolute atomic E-state index is 0.402. The maximum atomic E-state index is 13.1. The van der Waals surface area contributed by atoms with E-state index < -0.39 is 7.82 Å². The lowest BCUT2D eigenvalue weighted by molar-refractivity contribution is 0.250. The molecule has 0 spiro atoms. The third kappa shape index (κ3) is 6.13. The van der Waals surface area contributed by atoms with Crippen LogP contribution in [0.4, 0.5) is 0 Å². The zero-order chi connectivity index (χ0) is 17.3. The summed E-state index contributed by atoms with van der Waals surface area (Å²) in [5.74, 6) is 1.23. The van der Waals surface area contributed by atoms with Crippen LogP contribution in [0.15, 0.2) is 73.0 Å². The molecule has 0 aliphatic carbocycles. The van der Waals surface area contributed by atoms with Gasteiger partial charge < -0.3 is 13.6 Å². The third-order valence-corrected chi connectivity index (χ3v) is 4.57. The number of phosphoric ester groups is 1. The monoisotopic (exact) mass is 346 g/mol. The second-order valence-corrected chi connectivity index (χ2v) is 6.79. The summed E-state index contributed by atoms with van der Waals surface area (Å²) >= 11 is 0. The maximum absolute atomic E-state index is 13.1. The second-order valence-electron chi connectivity index (χ2n) is 5.34. The first-order valence-corrected chi connectivity index (χ1v) is 9.54. The first-order chi connectivity index (χ1) is 11.6. The molecular weight excluding hydrogens is 323 g/mol. The van der Waals surface area contributed by atoms with Crippen molar-refractivity contribution in [3.05, 3.63) is 73.0 Å². The number of rotatable bonds is 10. The van der Waals surface area contributed by atoms with Gasteiger partial charge in [-0.15, -0.1) is 0 Å². The first-order valence-electron chi connectivity index (χ1n) is 8.08. The van der Waals surface area contributed by atoms with Crippen molar-refractivity contribution in [3.63, 3.8) is 0 Å². The summed E-state index contributed by atoms with van der Waals surface area (Å²) in [6.07, 6.45) is 3.69. The third-order valence-electron chi connectivity index (χ3n) is 3.22. The molecule has 0 saturated heterocycles. The molecule has 0 heterocycles. The highest BCUT2D eigenvalue weighted by molar-refractivity contribution is 7.49. The number of benzene rings is 2. The van der Waals surface area contributed by atoms with Crippen LogP contribution in [0.1, 0.15) is 32.6 Å². The van der Waals surface area contributed by atoms with Crippen LogP contribution in [0.3, 0.4) is 0 Å². The lowest BCUT2D eigenvalue weighted by Crippen LogP contribution is -2.05. The summed E-state index contributed by atoms with van der Waals surface area (Å²) in [5.41, 5.74) is 0. The zero-order valence-electron chi connectivity index (χ0n) is 13.9. The van der Waals surface area contributed by atoms with Gasteiger partial charge in [0.1, 0.15) is 17.3 Å². The smallest absolute Gasteiger partial charge is 0.391 e. The van der Waals surface area contributed by atoms with E-state index in [1.165, 1.54) is 0 Å². The van der Waals surface area contributed by atoms with Gasteiger partial charge in [0.05, 0.1) is 0 Å². The Morgan fingerprint density at radius 3 is 1.88 bits per heavy atom. The number of allylic oxidation sites excluding steroid dienone is 1. The van der Waals surface area contributed by atoms with Crippen LogP contribution in [0.5, 0.6) is 11.5 Å². The lowest BCUT2D eigenvalue weighted by atomic mass is 10.2. The molecule has 2 rings (SSSR count). The van der Waals surface area contributed by atoms with Gasteiger partial charge in [0.15, 0.2) is 0 Å². The van der Waals surface area contributed by atoms with Gasteiger partial charge in [-0.25, -0.2) is 0 Å². The highest BCUT2D eigenvalue weighted by Crippen LogP contribution is 2.51. The van der Waals surface area contributed by atoms with E-state index in [0.717, 1.165) is 19.3 Å². The summed E-state index contributed by atoms with van der Waals surface area (Å²) < 4.78 is 29.6. The van der Waals surface area contributed by atoms with E-state index in [1.54, 1.807) is 48.5 Å². The van der Waals surface area contributed by atoms with Crippen molar-refractivity contribution in [2.24, 2.45) is 0 Å². The molecule has 0 aliphatic rings. The van der Waals surface area contributed by atoms with Gasteiger partial charge in [-0.3, -0.25) is 0 Å². The Morgan fingerprint density at radius 1 is 0.917 bits per heavy atom. The molecule has 128 valence electrons. The SMILES string of the molecule is C=C(CCCCC)OP(=O)(Oc1ccccc1)Oc1ccccc1. The summed E-state index contributed by atoms with van der Waals surface area (Å²) in [6.45, 7) is 5.96. The molecule has 0 N–H and O–H groups in total. The summed E-state index contributed by atoms with van der Waals surface area (Å²) in [4.78, 5) is 0. The van der Waals surface area contributed by atoms with Crippen molar-refractivity contribution in [1.82, 2.24) is 0 Å². The van der Waals surface area contributed by atoms with Crippen molar-refractivity contribution in [2.75, 3.05) is 0 Å². The van der Waals surface area contributed by atoms with Gasteiger partial charge in [0.25, 0.3) is 0 Å². The number of para-hydroxylation sites is 2. The molecule has 0 saturated carbocycles. The molecule has 0 radical (unpaired) electrons. The van der Waals surface area contributed by atoms with Crippen LogP contribution in [0.25, 0.3) is 0 Å². The van der Waals surface area contributed by atoms with Gasteiger partial charge in [0.2, 0.25) is 0 Å². The molecule has 0 aliphatic heterocycles. The Bertz CT molecular complexity index is 625. The molecule has 0 aromatic heterocycles. The van der Waals surface area contributed by atoms with E-state index in [2.05, 4.69) is 13.5 Å². The van der Waals surface area contributed by atoms with Crippen LogP contribution in [0, 0.1) is 0 Å². The van der Waals surface area contributed by atoms with Crippen LogP contribution in [-0.2, 0) is 9.09 Å². The topological polar surface area (TPSA) is 44.8 Å². The molecule has 2 aromatic carbocycles. The van der Waals surface area contributed by atoms with E-state index in [9.17, 15) is 4.57 Å². The Balaban J connectivity index is 2.11. The fourth-order valence-corrected chi connectivity index (χ4v) is 3.33. The predicted octanol–water partition coefficient (Wildman–Crippen LogP) is 6.36. The normalized spacial score (nSPS) is 10.9. The Hall–Kier alpha value is -2.19. The molecule has 2 aromatic rings. The molecular formula is C19H23O4P. The van der Waals surface area contributed by atoms with Gasteiger partial charge in [-0.05, 0) is 30.7 Å². The van der Waals surface area contributed by atoms with E-state index in [0.29, 0.717) is 23.7 Å². The van der Waals surface area contributed by atoms with E-state index in [1.807, 2.05) is 12.1 Å². The van der Waals surface area contributed by atoms with Gasteiger partial charge in [0, 0.05) is 6.42 Å². The maximum Gasteiger partial charge on any atom is 0.646 e. The quantitative estimate of drug-likeness (QED) is 0.285. The predicted molar refractivity (Wildman–Crippen MR) is 96.1 cm³/mol. The molecule has 0 bridgehead atoms. The van der Waals surface area contributed by atoms with E-state index in [-0.39, 0.29) is 0 Å². The average Bonchev–Trinajstić information content (AvgIpc) is 2.56. The van der Waals surface area contributed by atoms with Crippen LogP contribution in [-0.4, -0.2) is 0 Å².